The molecule has 1 fully saturated rings. The van der Waals surface area contributed by atoms with E-state index in [1.165, 1.54) is 12.1 Å². The lowest BCUT2D eigenvalue weighted by atomic mass is 9.95. The molecule has 1 aliphatic rings. The lowest BCUT2D eigenvalue weighted by Gasteiger charge is -2.30. The molecular formula is C20H23FN6. The van der Waals surface area contributed by atoms with Gasteiger partial charge >= 0.3 is 0 Å². The summed E-state index contributed by atoms with van der Waals surface area (Å²) in [5, 5.41) is 7.22. The fraction of sp³-hybridized carbons (Fsp3) is 0.400. The van der Waals surface area contributed by atoms with Gasteiger partial charge in [-0.1, -0.05) is 19.1 Å². The Labute approximate surface area is 157 Å². The molecule has 0 aliphatic carbocycles. The number of aromatic nitrogens is 5. The summed E-state index contributed by atoms with van der Waals surface area (Å²) in [4.78, 5) is 16.1. The number of hydrogen-bond donors (Lipinski definition) is 1. The van der Waals surface area contributed by atoms with Crippen LogP contribution in [0.15, 0.2) is 36.5 Å². The van der Waals surface area contributed by atoms with Crippen LogP contribution in [0.3, 0.4) is 0 Å². The molecule has 1 N–H and O–H groups in total. The van der Waals surface area contributed by atoms with Crippen molar-refractivity contribution in [3.8, 4) is 11.3 Å². The Hall–Kier alpha value is -2.67. The summed E-state index contributed by atoms with van der Waals surface area (Å²) in [6.45, 7) is 4.79. The van der Waals surface area contributed by atoms with Crippen molar-refractivity contribution in [2.75, 3.05) is 13.1 Å². The van der Waals surface area contributed by atoms with Crippen molar-refractivity contribution in [2.24, 2.45) is 0 Å². The van der Waals surface area contributed by atoms with Gasteiger partial charge in [0.15, 0.2) is 0 Å². The molecule has 0 unspecified atom stereocenters. The highest BCUT2D eigenvalue weighted by Crippen LogP contribution is 2.27. The van der Waals surface area contributed by atoms with E-state index in [1.54, 1.807) is 12.3 Å². The molecule has 0 radical (unpaired) electrons. The monoisotopic (exact) mass is 366 g/mol. The van der Waals surface area contributed by atoms with Crippen molar-refractivity contribution in [1.29, 1.82) is 0 Å². The normalized spacial score (nSPS) is 15.9. The molecule has 0 atom stereocenters. The standard InChI is InChI=1S/C20H23FN6/c1-2-18-24-19(26-25-18)13-27-10-7-14(8-11-27)20-22-9-6-17(23-20)15-4-3-5-16(21)12-15/h3-6,9,12,14H,2,7-8,10-11,13H2,1H3,(H,24,25,26). The topological polar surface area (TPSA) is 70.6 Å². The van der Waals surface area contributed by atoms with Crippen LogP contribution in [0, 0.1) is 5.82 Å². The maximum Gasteiger partial charge on any atom is 0.150 e. The van der Waals surface area contributed by atoms with Gasteiger partial charge in [-0.2, -0.15) is 5.10 Å². The number of nitrogens with zero attached hydrogens (tertiary/aromatic N) is 5. The highest BCUT2D eigenvalue weighted by Gasteiger charge is 2.23. The van der Waals surface area contributed by atoms with Crippen LogP contribution in [0.1, 0.15) is 43.2 Å². The van der Waals surface area contributed by atoms with Crippen LogP contribution in [0.4, 0.5) is 4.39 Å². The smallest absolute Gasteiger partial charge is 0.150 e. The zero-order chi connectivity index (χ0) is 18.6. The van der Waals surface area contributed by atoms with Gasteiger partial charge < -0.3 is 0 Å². The van der Waals surface area contributed by atoms with Crippen molar-refractivity contribution in [2.45, 2.75) is 38.6 Å². The molecule has 7 heteroatoms. The maximum atomic E-state index is 13.5. The summed E-state index contributed by atoms with van der Waals surface area (Å²) in [5.41, 5.74) is 1.56. The number of hydrogen-bond acceptors (Lipinski definition) is 5. The number of aryl methyl sites for hydroxylation is 1. The van der Waals surface area contributed by atoms with Gasteiger partial charge in [0.1, 0.15) is 23.3 Å². The molecular weight excluding hydrogens is 343 g/mol. The molecule has 1 saturated heterocycles. The SMILES string of the molecule is CCc1n[nH]c(CN2CCC(c3nccc(-c4cccc(F)c4)n3)CC2)n1. The highest BCUT2D eigenvalue weighted by atomic mass is 19.1. The lowest BCUT2D eigenvalue weighted by Crippen LogP contribution is -2.33. The molecule has 2 aromatic heterocycles. The summed E-state index contributed by atoms with van der Waals surface area (Å²) in [7, 11) is 0. The Morgan fingerprint density at radius 1 is 1.19 bits per heavy atom. The van der Waals surface area contributed by atoms with E-state index in [0.29, 0.717) is 5.92 Å². The van der Waals surface area contributed by atoms with E-state index in [-0.39, 0.29) is 5.82 Å². The average Bonchev–Trinajstić information content (AvgIpc) is 3.16. The van der Waals surface area contributed by atoms with E-state index in [0.717, 1.165) is 67.6 Å². The summed E-state index contributed by atoms with van der Waals surface area (Å²) in [5.74, 6) is 2.72. The summed E-state index contributed by atoms with van der Waals surface area (Å²) >= 11 is 0. The Morgan fingerprint density at radius 2 is 2.04 bits per heavy atom. The van der Waals surface area contributed by atoms with Crippen molar-refractivity contribution in [3.05, 3.63) is 59.8 Å². The predicted molar refractivity (Wildman–Crippen MR) is 100 cm³/mol. The Kier molecular flexibility index (Phi) is 5.20. The molecule has 0 saturated carbocycles. The minimum atomic E-state index is -0.250. The second-order valence-electron chi connectivity index (χ2n) is 6.91. The van der Waals surface area contributed by atoms with E-state index in [1.807, 2.05) is 12.1 Å². The first kappa shape index (κ1) is 17.7. The first-order valence-corrected chi connectivity index (χ1v) is 9.42. The van der Waals surface area contributed by atoms with E-state index in [4.69, 9.17) is 4.98 Å². The number of aromatic amines is 1. The number of likely N-dealkylation sites (tertiary alicyclic amines) is 1. The van der Waals surface area contributed by atoms with Crippen LogP contribution in [-0.4, -0.2) is 43.1 Å². The number of benzene rings is 1. The summed E-state index contributed by atoms with van der Waals surface area (Å²) < 4.78 is 13.5. The van der Waals surface area contributed by atoms with Gasteiger partial charge in [-0.05, 0) is 44.1 Å². The van der Waals surface area contributed by atoms with Gasteiger partial charge in [0.25, 0.3) is 0 Å². The molecule has 6 nitrogen and oxygen atoms in total. The zero-order valence-electron chi connectivity index (χ0n) is 15.4. The van der Waals surface area contributed by atoms with Crippen molar-refractivity contribution in [3.63, 3.8) is 0 Å². The quantitative estimate of drug-likeness (QED) is 0.750. The zero-order valence-corrected chi connectivity index (χ0v) is 15.4. The maximum absolute atomic E-state index is 13.5. The van der Waals surface area contributed by atoms with Crippen molar-refractivity contribution in [1.82, 2.24) is 30.0 Å². The Balaban J connectivity index is 1.40. The number of halogens is 1. The molecule has 3 heterocycles. The van der Waals surface area contributed by atoms with E-state index in [9.17, 15) is 4.39 Å². The minimum Gasteiger partial charge on any atom is -0.296 e. The Morgan fingerprint density at radius 3 is 2.78 bits per heavy atom. The number of piperidine rings is 1. The van der Waals surface area contributed by atoms with Crippen LogP contribution in [0.25, 0.3) is 11.3 Å². The summed E-state index contributed by atoms with van der Waals surface area (Å²) in [6, 6.07) is 8.37. The molecule has 27 heavy (non-hydrogen) atoms. The molecule has 3 aromatic rings. The molecule has 1 aromatic carbocycles. The number of nitrogens with one attached hydrogen (secondary N) is 1. The van der Waals surface area contributed by atoms with Gasteiger partial charge in [0.2, 0.25) is 0 Å². The van der Waals surface area contributed by atoms with Crippen LogP contribution in [0.2, 0.25) is 0 Å². The van der Waals surface area contributed by atoms with Crippen molar-refractivity contribution < 1.29 is 4.39 Å². The first-order valence-electron chi connectivity index (χ1n) is 9.42. The molecule has 0 spiro atoms. The molecule has 0 amide bonds. The third-order valence-electron chi connectivity index (χ3n) is 5.01. The Bertz CT molecular complexity index is 901. The molecule has 140 valence electrons. The van der Waals surface area contributed by atoms with E-state index < -0.39 is 0 Å². The number of rotatable bonds is 5. The fourth-order valence-electron chi connectivity index (χ4n) is 3.50. The van der Waals surface area contributed by atoms with Gasteiger partial charge in [-0.25, -0.2) is 19.3 Å². The predicted octanol–water partition coefficient (Wildman–Crippen LogP) is 3.34. The second-order valence-corrected chi connectivity index (χ2v) is 6.91. The molecule has 1 aliphatic heterocycles. The van der Waals surface area contributed by atoms with Crippen molar-refractivity contribution >= 4 is 0 Å². The summed E-state index contributed by atoms with van der Waals surface area (Å²) in [6.07, 6.45) is 4.62. The first-order chi connectivity index (χ1) is 13.2. The number of H-pyrrole nitrogens is 1. The third-order valence-corrected chi connectivity index (χ3v) is 5.01. The third kappa shape index (κ3) is 4.19. The lowest BCUT2D eigenvalue weighted by molar-refractivity contribution is 0.197. The van der Waals surface area contributed by atoms with Crippen LogP contribution >= 0.6 is 0 Å². The van der Waals surface area contributed by atoms with Gasteiger partial charge in [0, 0.05) is 24.1 Å². The second kappa shape index (κ2) is 7.92. The van der Waals surface area contributed by atoms with Gasteiger partial charge in [0.05, 0.1) is 12.2 Å². The van der Waals surface area contributed by atoms with Gasteiger partial charge in [-0.3, -0.25) is 10.00 Å². The fourth-order valence-corrected chi connectivity index (χ4v) is 3.50. The van der Waals surface area contributed by atoms with Crippen LogP contribution < -0.4 is 0 Å². The van der Waals surface area contributed by atoms with Gasteiger partial charge in [-0.15, -0.1) is 0 Å². The largest absolute Gasteiger partial charge is 0.296 e. The highest BCUT2D eigenvalue weighted by molar-refractivity contribution is 5.58. The minimum absolute atomic E-state index is 0.250. The average molecular weight is 366 g/mol. The van der Waals surface area contributed by atoms with E-state index in [2.05, 4.69) is 32.0 Å². The van der Waals surface area contributed by atoms with E-state index >= 15 is 0 Å². The van der Waals surface area contributed by atoms with Crippen LogP contribution in [0.5, 0.6) is 0 Å². The molecule has 4 rings (SSSR count). The molecule has 0 bridgehead atoms. The van der Waals surface area contributed by atoms with Crippen LogP contribution in [-0.2, 0) is 13.0 Å².